The SMILES string of the molecule is CC(=O)N[C@H]1CCCN(C(=O)CN2CCCC2=O)[C@H]1Cc1ccccc1. The maximum Gasteiger partial charge on any atom is 0.242 e. The lowest BCUT2D eigenvalue weighted by molar-refractivity contribution is -0.142. The molecule has 0 unspecified atom stereocenters. The molecule has 2 heterocycles. The van der Waals surface area contributed by atoms with Crippen molar-refractivity contribution in [2.75, 3.05) is 19.6 Å². The van der Waals surface area contributed by atoms with Crippen LogP contribution in [0.15, 0.2) is 30.3 Å². The summed E-state index contributed by atoms with van der Waals surface area (Å²) in [5, 5.41) is 3.03. The first-order chi connectivity index (χ1) is 12.5. The van der Waals surface area contributed by atoms with E-state index in [0.29, 0.717) is 25.9 Å². The number of nitrogens with zero attached hydrogens (tertiary/aromatic N) is 2. The lowest BCUT2D eigenvalue weighted by Crippen LogP contribution is -2.59. The van der Waals surface area contributed by atoms with Crippen LogP contribution in [-0.2, 0) is 20.8 Å². The summed E-state index contributed by atoms with van der Waals surface area (Å²) in [6.45, 7) is 3.01. The highest BCUT2D eigenvalue weighted by atomic mass is 16.2. The van der Waals surface area contributed by atoms with Crippen LogP contribution in [-0.4, -0.2) is 59.2 Å². The van der Waals surface area contributed by atoms with E-state index in [-0.39, 0.29) is 36.3 Å². The molecule has 1 aromatic rings. The number of amides is 3. The van der Waals surface area contributed by atoms with E-state index in [0.717, 1.165) is 24.8 Å². The fourth-order valence-corrected chi connectivity index (χ4v) is 4.03. The topological polar surface area (TPSA) is 69.7 Å². The molecule has 2 aliphatic heterocycles. The summed E-state index contributed by atoms with van der Waals surface area (Å²) in [6, 6.07) is 9.90. The normalized spacial score (nSPS) is 23.2. The number of likely N-dealkylation sites (tertiary alicyclic amines) is 2. The number of rotatable bonds is 5. The van der Waals surface area contributed by atoms with Gasteiger partial charge in [0.05, 0.1) is 12.6 Å². The number of hydrogen-bond donors (Lipinski definition) is 1. The van der Waals surface area contributed by atoms with Gasteiger partial charge in [0, 0.05) is 32.5 Å². The Morgan fingerprint density at radius 1 is 1.15 bits per heavy atom. The Morgan fingerprint density at radius 2 is 1.92 bits per heavy atom. The number of benzene rings is 1. The van der Waals surface area contributed by atoms with Crippen LogP contribution in [0.1, 0.15) is 38.2 Å². The van der Waals surface area contributed by atoms with Gasteiger partial charge in [-0.25, -0.2) is 0 Å². The third-order valence-corrected chi connectivity index (χ3v) is 5.27. The second-order valence-electron chi connectivity index (χ2n) is 7.21. The van der Waals surface area contributed by atoms with Crippen molar-refractivity contribution in [2.45, 2.75) is 51.1 Å². The minimum absolute atomic E-state index is 0.0174. The summed E-state index contributed by atoms with van der Waals surface area (Å²) in [5.41, 5.74) is 1.14. The van der Waals surface area contributed by atoms with Crippen LogP contribution in [0.2, 0.25) is 0 Å². The van der Waals surface area contributed by atoms with Crippen molar-refractivity contribution in [3.63, 3.8) is 0 Å². The van der Waals surface area contributed by atoms with Gasteiger partial charge in [0.25, 0.3) is 0 Å². The molecular weight excluding hydrogens is 330 g/mol. The summed E-state index contributed by atoms with van der Waals surface area (Å²) in [4.78, 5) is 40.0. The minimum atomic E-state index is -0.0831. The highest BCUT2D eigenvalue weighted by molar-refractivity contribution is 5.86. The number of carbonyl (C=O) groups excluding carboxylic acids is 3. The Labute approximate surface area is 154 Å². The van der Waals surface area contributed by atoms with E-state index in [2.05, 4.69) is 5.32 Å². The molecule has 2 atom stereocenters. The molecule has 6 heteroatoms. The minimum Gasteiger partial charge on any atom is -0.352 e. The van der Waals surface area contributed by atoms with Crippen molar-refractivity contribution >= 4 is 17.7 Å². The van der Waals surface area contributed by atoms with E-state index in [1.165, 1.54) is 6.92 Å². The van der Waals surface area contributed by atoms with Crippen LogP contribution in [0.25, 0.3) is 0 Å². The van der Waals surface area contributed by atoms with Gasteiger partial charge >= 0.3 is 0 Å². The van der Waals surface area contributed by atoms with Crippen LogP contribution >= 0.6 is 0 Å². The van der Waals surface area contributed by atoms with Crippen LogP contribution in [0.4, 0.5) is 0 Å². The van der Waals surface area contributed by atoms with Gasteiger partial charge in [0.1, 0.15) is 0 Å². The molecule has 140 valence electrons. The van der Waals surface area contributed by atoms with Crippen molar-refractivity contribution in [1.82, 2.24) is 15.1 Å². The number of nitrogens with one attached hydrogen (secondary N) is 1. The Bertz CT molecular complexity index is 662. The summed E-state index contributed by atoms with van der Waals surface area (Å²) < 4.78 is 0. The van der Waals surface area contributed by atoms with Gasteiger partial charge in [-0.1, -0.05) is 30.3 Å². The number of hydrogen-bond acceptors (Lipinski definition) is 3. The number of carbonyl (C=O) groups is 3. The van der Waals surface area contributed by atoms with E-state index in [1.54, 1.807) is 4.90 Å². The molecule has 2 aliphatic rings. The zero-order valence-corrected chi connectivity index (χ0v) is 15.3. The fraction of sp³-hybridized carbons (Fsp3) is 0.550. The average Bonchev–Trinajstić information content (AvgIpc) is 3.01. The van der Waals surface area contributed by atoms with Gasteiger partial charge in [-0.2, -0.15) is 0 Å². The van der Waals surface area contributed by atoms with Crippen molar-refractivity contribution < 1.29 is 14.4 Å². The predicted octanol–water partition coefficient (Wildman–Crippen LogP) is 1.35. The lowest BCUT2D eigenvalue weighted by Gasteiger charge is -2.42. The largest absolute Gasteiger partial charge is 0.352 e. The average molecular weight is 357 g/mol. The third-order valence-electron chi connectivity index (χ3n) is 5.27. The summed E-state index contributed by atoms with van der Waals surface area (Å²) >= 11 is 0. The van der Waals surface area contributed by atoms with Crippen molar-refractivity contribution in [3.05, 3.63) is 35.9 Å². The Morgan fingerprint density at radius 3 is 2.58 bits per heavy atom. The van der Waals surface area contributed by atoms with E-state index < -0.39 is 0 Å². The first kappa shape index (κ1) is 18.4. The van der Waals surface area contributed by atoms with Gasteiger partial charge in [0.2, 0.25) is 17.7 Å². The lowest BCUT2D eigenvalue weighted by atomic mass is 9.90. The van der Waals surface area contributed by atoms with Crippen LogP contribution in [0, 0.1) is 0 Å². The van der Waals surface area contributed by atoms with E-state index in [1.807, 2.05) is 35.2 Å². The van der Waals surface area contributed by atoms with E-state index in [9.17, 15) is 14.4 Å². The highest BCUT2D eigenvalue weighted by Gasteiger charge is 2.36. The van der Waals surface area contributed by atoms with Gasteiger partial charge in [-0.05, 0) is 31.2 Å². The van der Waals surface area contributed by atoms with Gasteiger partial charge in [-0.15, -0.1) is 0 Å². The van der Waals surface area contributed by atoms with Crippen molar-refractivity contribution in [3.8, 4) is 0 Å². The maximum atomic E-state index is 13.0. The van der Waals surface area contributed by atoms with Crippen molar-refractivity contribution in [2.24, 2.45) is 0 Å². The third kappa shape index (κ3) is 4.42. The Kier molecular flexibility index (Phi) is 5.91. The quantitative estimate of drug-likeness (QED) is 0.865. The first-order valence-electron chi connectivity index (χ1n) is 9.43. The predicted molar refractivity (Wildman–Crippen MR) is 98.3 cm³/mol. The molecular formula is C20H27N3O3. The molecule has 0 aliphatic carbocycles. The zero-order valence-electron chi connectivity index (χ0n) is 15.3. The molecule has 0 radical (unpaired) electrons. The van der Waals surface area contributed by atoms with Crippen LogP contribution in [0.5, 0.6) is 0 Å². The molecule has 26 heavy (non-hydrogen) atoms. The smallest absolute Gasteiger partial charge is 0.242 e. The summed E-state index contributed by atoms with van der Waals surface area (Å²) in [5.74, 6) is -0.0262. The molecule has 0 saturated carbocycles. The standard InChI is InChI=1S/C20H27N3O3/c1-15(24)21-17-9-5-12-23(18(17)13-16-7-3-2-4-8-16)20(26)14-22-11-6-10-19(22)25/h2-4,7-8,17-18H,5-6,9-14H2,1H3,(H,21,24)/t17-,18-/m0/s1. The van der Waals surface area contributed by atoms with Crippen LogP contribution < -0.4 is 5.32 Å². The molecule has 2 fully saturated rings. The monoisotopic (exact) mass is 357 g/mol. The molecule has 0 bridgehead atoms. The zero-order chi connectivity index (χ0) is 18.5. The van der Waals surface area contributed by atoms with E-state index in [4.69, 9.17) is 0 Å². The molecule has 6 nitrogen and oxygen atoms in total. The van der Waals surface area contributed by atoms with Gasteiger partial charge in [-0.3, -0.25) is 14.4 Å². The Hall–Kier alpha value is -2.37. The van der Waals surface area contributed by atoms with E-state index >= 15 is 0 Å². The maximum absolute atomic E-state index is 13.0. The molecule has 3 amide bonds. The Balaban J connectivity index is 1.76. The molecule has 1 N–H and O–H groups in total. The molecule has 1 aromatic carbocycles. The molecule has 2 saturated heterocycles. The van der Waals surface area contributed by atoms with Crippen molar-refractivity contribution in [1.29, 1.82) is 0 Å². The summed E-state index contributed by atoms with van der Waals surface area (Å²) in [6.07, 6.45) is 3.79. The van der Waals surface area contributed by atoms with Gasteiger partial charge < -0.3 is 15.1 Å². The first-order valence-corrected chi connectivity index (χ1v) is 9.43. The van der Waals surface area contributed by atoms with Crippen LogP contribution in [0.3, 0.4) is 0 Å². The fourth-order valence-electron chi connectivity index (χ4n) is 4.03. The molecule has 0 spiro atoms. The second-order valence-corrected chi connectivity index (χ2v) is 7.21. The second kappa shape index (κ2) is 8.34. The van der Waals surface area contributed by atoms with Gasteiger partial charge in [0.15, 0.2) is 0 Å². The summed E-state index contributed by atoms with van der Waals surface area (Å²) in [7, 11) is 0. The molecule has 0 aromatic heterocycles. The molecule has 3 rings (SSSR count). The highest BCUT2D eigenvalue weighted by Crippen LogP contribution is 2.23. The number of piperidine rings is 1.